The number of aryl methyl sites for hydroxylation is 1. The molecule has 0 fully saturated rings. The summed E-state index contributed by atoms with van der Waals surface area (Å²) in [5, 5.41) is 19.8. The predicted molar refractivity (Wildman–Crippen MR) is 117 cm³/mol. The van der Waals surface area contributed by atoms with Gasteiger partial charge in [-0.1, -0.05) is 30.3 Å². The minimum absolute atomic E-state index is 0.0184. The number of aromatic nitrogens is 2. The number of aliphatic hydroxyl groups excluding tert-OH is 1. The molecule has 150 valence electrons. The molecule has 0 saturated heterocycles. The van der Waals surface area contributed by atoms with Gasteiger partial charge in [0.2, 0.25) is 0 Å². The van der Waals surface area contributed by atoms with E-state index >= 15 is 0 Å². The lowest BCUT2D eigenvalue weighted by molar-refractivity contribution is 0.0915. The van der Waals surface area contributed by atoms with Crippen LogP contribution in [-0.2, 0) is 6.54 Å². The average molecular weight is 417 g/mol. The van der Waals surface area contributed by atoms with Gasteiger partial charge in [0.25, 0.3) is 5.56 Å². The number of benzene rings is 2. The molecule has 0 radical (unpaired) electrons. The van der Waals surface area contributed by atoms with Crippen molar-refractivity contribution in [1.29, 1.82) is 5.26 Å². The first-order chi connectivity index (χ1) is 14.6. The fraction of sp³-hybridized carbons (Fsp3) is 0.174. The molecule has 4 aromatic rings. The number of hydrogen-bond acceptors (Lipinski definition) is 6. The Kier molecular flexibility index (Phi) is 5.61. The van der Waals surface area contributed by atoms with Crippen molar-refractivity contribution in [3.05, 3.63) is 81.7 Å². The molecule has 2 aromatic heterocycles. The number of aliphatic hydroxyl groups is 1. The number of ether oxygens (including phenoxy) is 1. The van der Waals surface area contributed by atoms with Gasteiger partial charge in [-0.15, -0.1) is 11.3 Å². The Labute approximate surface area is 177 Å². The zero-order valence-electron chi connectivity index (χ0n) is 16.3. The number of hydrogen-bond donors (Lipinski definition) is 1. The first-order valence-corrected chi connectivity index (χ1v) is 10.2. The molecule has 0 aliphatic rings. The van der Waals surface area contributed by atoms with Crippen LogP contribution in [0.15, 0.2) is 65.7 Å². The summed E-state index contributed by atoms with van der Waals surface area (Å²) in [4.78, 5) is 19.3. The molecule has 2 heterocycles. The van der Waals surface area contributed by atoms with Gasteiger partial charge in [0, 0.05) is 10.4 Å². The number of fused-ring (bicyclic) bond motifs is 1. The Hall–Kier alpha value is -3.47. The second-order valence-electron chi connectivity index (χ2n) is 6.88. The fourth-order valence-electron chi connectivity index (χ4n) is 3.32. The van der Waals surface area contributed by atoms with Crippen LogP contribution in [0.4, 0.5) is 0 Å². The number of thiophene rings is 1. The molecule has 1 N–H and O–H groups in total. The largest absolute Gasteiger partial charge is 0.491 e. The topological polar surface area (TPSA) is 88.1 Å². The monoisotopic (exact) mass is 417 g/mol. The van der Waals surface area contributed by atoms with Crippen LogP contribution in [-0.4, -0.2) is 27.4 Å². The molecule has 0 aliphatic heterocycles. The van der Waals surface area contributed by atoms with Crippen LogP contribution in [0.5, 0.6) is 5.75 Å². The van der Waals surface area contributed by atoms with Crippen molar-refractivity contribution in [2.75, 3.05) is 6.61 Å². The fourth-order valence-corrected chi connectivity index (χ4v) is 4.32. The number of nitrogens with zero attached hydrogens (tertiary/aromatic N) is 3. The van der Waals surface area contributed by atoms with E-state index in [-0.39, 0.29) is 18.7 Å². The lowest BCUT2D eigenvalue weighted by Crippen LogP contribution is -2.30. The summed E-state index contributed by atoms with van der Waals surface area (Å²) in [7, 11) is 0. The molecular formula is C23H19N3O3S. The second-order valence-corrected chi connectivity index (χ2v) is 8.09. The molecule has 6 nitrogen and oxygen atoms in total. The van der Waals surface area contributed by atoms with Crippen LogP contribution in [0.2, 0.25) is 0 Å². The molecule has 30 heavy (non-hydrogen) atoms. The molecule has 2 aromatic carbocycles. The summed E-state index contributed by atoms with van der Waals surface area (Å²) in [6.45, 7) is 2.07. The quantitative estimate of drug-likeness (QED) is 0.516. The van der Waals surface area contributed by atoms with E-state index in [1.54, 1.807) is 24.3 Å². The zero-order valence-corrected chi connectivity index (χ0v) is 17.1. The highest BCUT2D eigenvalue weighted by Gasteiger charge is 2.18. The maximum Gasteiger partial charge on any atom is 0.262 e. The van der Waals surface area contributed by atoms with Crippen LogP contribution in [0.3, 0.4) is 0 Å². The third-order valence-electron chi connectivity index (χ3n) is 4.75. The van der Waals surface area contributed by atoms with Gasteiger partial charge in [-0.2, -0.15) is 5.26 Å². The van der Waals surface area contributed by atoms with Crippen LogP contribution >= 0.6 is 11.3 Å². The van der Waals surface area contributed by atoms with E-state index in [2.05, 4.69) is 4.98 Å². The van der Waals surface area contributed by atoms with Crippen LogP contribution < -0.4 is 10.3 Å². The lowest BCUT2D eigenvalue weighted by atomic mass is 10.0. The lowest BCUT2D eigenvalue weighted by Gasteiger charge is -2.14. The Morgan fingerprint density at radius 3 is 2.63 bits per heavy atom. The van der Waals surface area contributed by atoms with Gasteiger partial charge in [0.1, 0.15) is 23.3 Å². The summed E-state index contributed by atoms with van der Waals surface area (Å²) in [6, 6.07) is 18.5. The van der Waals surface area contributed by atoms with Crippen molar-refractivity contribution in [2.24, 2.45) is 0 Å². The Balaban J connectivity index is 1.56. The molecule has 0 saturated carbocycles. The van der Waals surface area contributed by atoms with Crippen molar-refractivity contribution >= 4 is 21.6 Å². The van der Waals surface area contributed by atoms with Gasteiger partial charge in [-0.05, 0) is 36.8 Å². The van der Waals surface area contributed by atoms with Crippen molar-refractivity contribution < 1.29 is 9.84 Å². The van der Waals surface area contributed by atoms with E-state index in [9.17, 15) is 9.90 Å². The molecular weight excluding hydrogens is 398 g/mol. The minimum Gasteiger partial charge on any atom is -0.491 e. The first-order valence-electron chi connectivity index (χ1n) is 9.42. The smallest absolute Gasteiger partial charge is 0.262 e. The summed E-state index contributed by atoms with van der Waals surface area (Å²) in [6.07, 6.45) is 0.581. The molecule has 1 atom stereocenters. The molecule has 0 spiro atoms. The Morgan fingerprint density at radius 1 is 1.20 bits per heavy atom. The maximum atomic E-state index is 13.2. The summed E-state index contributed by atoms with van der Waals surface area (Å²) < 4.78 is 7.00. The molecule has 0 unspecified atom stereocenters. The van der Waals surface area contributed by atoms with E-state index in [1.165, 1.54) is 22.2 Å². The Bertz CT molecular complexity index is 1270. The molecule has 0 amide bonds. The van der Waals surface area contributed by atoms with Crippen LogP contribution in [0.1, 0.15) is 10.4 Å². The minimum atomic E-state index is -0.891. The van der Waals surface area contributed by atoms with Crippen LogP contribution in [0.25, 0.3) is 21.3 Å². The van der Waals surface area contributed by atoms with Gasteiger partial charge in [0.05, 0.1) is 29.9 Å². The SMILES string of the molecule is Cc1sc2ncn(C[C@@H](O)COc3ccc(C#N)cc3)c(=O)c2c1-c1ccccc1. The molecule has 7 heteroatoms. The van der Waals surface area contributed by atoms with Crippen molar-refractivity contribution in [2.45, 2.75) is 19.6 Å². The third kappa shape index (κ3) is 3.96. The van der Waals surface area contributed by atoms with Crippen molar-refractivity contribution in [3.63, 3.8) is 0 Å². The maximum absolute atomic E-state index is 13.2. The Morgan fingerprint density at radius 2 is 1.93 bits per heavy atom. The highest BCUT2D eigenvalue weighted by atomic mass is 32.1. The third-order valence-corrected chi connectivity index (χ3v) is 5.76. The van der Waals surface area contributed by atoms with Crippen molar-refractivity contribution in [1.82, 2.24) is 9.55 Å². The highest BCUT2D eigenvalue weighted by Crippen LogP contribution is 2.35. The van der Waals surface area contributed by atoms with E-state index < -0.39 is 6.10 Å². The van der Waals surface area contributed by atoms with Gasteiger partial charge >= 0.3 is 0 Å². The normalized spacial score (nSPS) is 11.9. The van der Waals surface area contributed by atoms with E-state index in [1.807, 2.05) is 43.3 Å². The van der Waals surface area contributed by atoms with Gasteiger partial charge in [0.15, 0.2) is 0 Å². The number of nitriles is 1. The summed E-state index contributed by atoms with van der Waals surface area (Å²) in [5.74, 6) is 0.550. The van der Waals surface area contributed by atoms with Crippen molar-refractivity contribution in [3.8, 4) is 22.9 Å². The highest BCUT2D eigenvalue weighted by molar-refractivity contribution is 7.19. The first kappa shape index (κ1) is 19.8. The van der Waals surface area contributed by atoms with E-state index in [0.29, 0.717) is 21.5 Å². The van der Waals surface area contributed by atoms with Gasteiger partial charge < -0.3 is 9.84 Å². The molecule has 0 bridgehead atoms. The summed E-state index contributed by atoms with van der Waals surface area (Å²) in [5.41, 5.74) is 2.23. The number of rotatable bonds is 6. The average Bonchev–Trinajstić information content (AvgIpc) is 3.12. The molecule has 0 aliphatic carbocycles. The van der Waals surface area contributed by atoms with Gasteiger partial charge in [-0.25, -0.2) is 4.98 Å². The van der Waals surface area contributed by atoms with E-state index in [4.69, 9.17) is 10.00 Å². The molecule has 4 rings (SSSR count). The van der Waals surface area contributed by atoms with E-state index in [0.717, 1.165) is 16.0 Å². The van der Waals surface area contributed by atoms with Gasteiger partial charge in [-0.3, -0.25) is 9.36 Å². The predicted octanol–water partition coefficient (Wildman–Crippen LogP) is 3.75. The second kappa shape index (κ2) is 8.49. The van der Waals surface area contributed by atoms with Crippen LogP contribution in [0, 0.1) is 18.3 Å². The standard InChI is InChI=1S/C23H19N3O3S/c1-15-20(17-5-3-2-4-6-17)21-22(30-15)25-14-26(23(21)28)12-18(27)13-29-19-9-7-16(11-24)8-10-19/h2-10,14,18,27H,12-13H2,1H3/t18-/m1/s1. The zero-order chi connectivity index (χ0) is 21.1. The summed E-state index contributed by atoms with van der Waals surface area (Å²) >= 11 is 1.49.